The number of furan rings is 1. The molecule has 2 heterocycles. The standard InChI is InChI=1S/C16H10O3/c17-15-11-6-2-4-8-13(11)19-16(15)14-9-10-5-1-3-7-12(10)18-14/h1-9,16H. The average Bonchev–Trinajstić information content (AvgIpc) is 3.00. The first-order valence-corrected chi connectivity index (χ1v) is 6.11. The topological polar surface area (TPSA) is 39.4 Å². The van der Waals surface area contributed by atoms with Crippen molar-refractivity contribution in [1.29, 1.82) is 0 Å². The van der Waals surface area contributed by atoms with Crippen molar-refractivity contribution in [2.24, 2.45) is 0 Å². The number of carbonyl (C=O) groups excluding carboxylic acids is 1. The van der Waals surface area contributed by atoms with Gasteiger partial charge in [0.25, 0.3) is 0 Å². The molecule has 1 aromatic heterocycles. The molecule has 0 saturated carbocycles. The number of benzene rings is 2. The molecule has 1 atom stereocenters. The van der Waals surface area contributed by atoms with Crippen LogP contribution >= 0.6 is 0 Å². The van der Waals surface area contributed by atoms with E-state index in [1.165, 1.54) is 0 Å². The predicted octanol–water partition coefficient (Wildman–Crippen LogP) is 3.75. The van der Waals surface area contributed by atoms with E-state index in [2.05, 4.69) is 0 Å². The summed E-state index contributed by atoms with van der Waals surface area (Å²) in [6, 6.07) is 16.8. The molecular weight excluding hydrogens is 240 g/mol. The summed E-state index contributed by atoms with van der Waals surface area (Å²) < 4.78 is 11.4. The molecule has 0 fully saturated rings. The second kappa shape index (κ2) is 3.72. The molecule has 3 heteroatoms. The highest BCUT2D eigenvalue weighted by molar-refractivity contribution is 6.05. The zero-order valence-corrected chi connectivity index (χ0v) is 10.00. The van der Waals surface area contributed by atoms with Gasteiger partial charge in [-0.1, -0.05) is 30.3 Å². The molecule has 0 aliphatic carbocycles. The maximum atomic E-state index is 12.3. The van der Waals surface area contributed by atoms with Crippen LogP contribution in [0.5, 0.6) is 5.75 Å². The van der Waals surface area contributed by atoms with Gasteiger partial charge in [0, 0.05) is 5.39 Å². The molecule has 0 saturated heterocycles. The number of hydrogen-bond donors (Lipinski definition) is 0. The molecule has 3 nitrogen and oxygen atoms in total. The van der Waals surface area contributed by atoms with E-state index in [0.29, 0.717) is 17.1 Å². The van der Waals surface area contributed by atoms with Crippen molar-refractivity contribution in [2.45, 2.75) is 6.10 Å². The fraction of sp³-hybridized carbons (Fsp3) is 0.0625. The van der Waals surface area contributed by atoms with Crippen molar-refractivity contribution >= 4 is 16.8 Å². The third-order valence-electron chi connectivity index (χ3n) is 3.34. The Balaban J connectivity index is 1.81. The highest BCUT2D eigenvalue weighted by atomic mass is 16.5. The number of hydrogen-bond acceptors (Lipinski definition) is 3. The number of ether oxygens (including phenoxy) is 1. The van der Waals surface area contributed by atoms with E-state index in [-0.39, 0.29) is 5.78 Å². The highest BCUT2D eigenvalue weighted by Gasteiger charge is 2.35. The van der Waals surface area contributed by atoms with Crippen LogP contribution in [0.1, 0.15) is 22.2 Å². The minimum atomic E-state index is -0.662. The fourth-order valence-electron chi connectivity index (χ4n) is 2.41. The molecule has 19 heavy (non-hydrogen) atoms. The zero-order chi connectivity index (χ0) is 12.8. The van der Waals surface area contributed by atoms with E-state index in [1.54, 1.807) is 12.1 Å². The minimum Gasteiger partial charge on any atom is -0.473 e. The largest absolute Gasteiger partial charge is 0.473 e. The van der Waals surface area contributed by atoms with Crippen molar-refractivity contribution in [1.82, 2.24) is 0 Å². The normalized spacial score (nSPS) is 17.5. The summed E-state index contributed by atoms with van der Waals surface area (Å²) in [6.07, 6.45) is -0.662. The van der Waals surface area contributed by atoms with E-state index in [1.807, 2.05) is 42.5 Å². The van der Waals surface area contributed by atoms with Gasteiger partial charge in [-0.15, -0.1) is 0 Å². The number of ketones is 1. The van der Waals surface area contributed by atoms with Crippen LogP contribution in [-0.2, 0) is 0 Å². The first kappa shape index (κ1) is 10.4. The first-order valence-electron chi connectivity index (χ1n) is 6.11. The van der Waals surface area contributed by atoms with Crippen molar-refractivity contribution in [2.75, 3.05) is 0 Å². The summed E-state index contributed by atoms with van der Waals surface area (Å²) in [4.78, 5) is 12.3. The molecule has 2 aromatic carbocycles. The highest BCUT2D eigenvalue weighted by Crippen LogP contribution is 2.37. The molecule has 92 valence electrons. The Morgan fingerprint density at radius 2 is 1.74 bits per heavy atom. The van der Waals surface area contributed by atoms with Crippen molar-refractivity contribution in [3.8, 4) is 5.75 Å². The second-order valence-electron chi connectivity index (χ2n) is 4.54. The van der Waals surface area contributed by atoms with Crippen molar-refractivity contribution < 1.29 is 13.9 Å². The average molecular weight is 250 g/mol. The Bertz CT molecular complexity index is 752. The molecule has 4 rings (SSSR count). The maximum Gasteiger partial charge on any atom is 0.218 e. The molecule has 1 aliphatic rings. The van der Waals surface area contributed by atoms with Gasteiger partial charge in [-0.2, -0.15) is 0 Å². The number of rotatable bonds is 1. The lowest BCUT2D eigenvalue weighted by atomic mass is 10.1. The summed E-state index contributed by atoms with van der Waals surface area (Å²) in [5.41, 5.74) is 1.39. The Labute approximate surface area is 109 Å². The molecule has 3 aromatic rings. The molecule has 1 unspecified atom stereocenters. The summed E-state index contributed by atoms with van der Waals surface area (Å²) in [7, 11) is 0. The quantitative estimate of drug-likeness (QED) is 0.660. The fourth-order valence-corrected chi connectivity index (χ4v) is 2.41. The lowest BCUT2D eigenvalue weighted by Crippen LogP contribution is -2.09. The van der Waals surface area contributed by atoms with Gasteiger partial charge < -0.3 is 9.15 Å². The molecule has 0 N–H and O–H groups in total. The number of Topliss-reactive ketones (excluding diaryl/α,β-unsaturated/α-hetero) is 1. The van der Waals surface area contributed by atoms with E-state index >= 15 is 0 Å². The lowest BCUT2D eigenvalue weighted by molar-refractivity contribution is 0.0831. The van der Waals surface area contributed by atoms with Gasteiger partial charge in [-0.3, -0.25) is 4.79 Å². The Hall–Kier alpha value is -2.55. The number of fused-ring (bicyclic) bond motifs is 2. The summed E-state index contributed by atoms with van der Waals surface area (Å²) in [5.74, 6) is 1.13. The summed E-state index contributed by atoms with van der Waals surface area (Å²) >= 11 is 0. The van der Waals surface area contributed by atoms with Crippen LogP contribution in [0.25, 0.3) is 11.0 Å². The van der Waals surface area contributed by atoms with Gasteiger partial charge in [0.1, 0.15) is 11.3 Å². The van der Waals surface area contributed by atoms with Crippen LogP contribution in [-0.4, -0.2) is 5.78 Å². The van der Waals surface area contributed by atoms with Gasteiger partial charge in [-0.05, 0) is 24.3 Å². The Kier molecular flexibility index (Phi) is 2.03. The molecule has 0 spiro atoms. The minimum absolute atomic E-state index is 0.0466. The molecule has 0 amide bonds. The van der Waals surface area contributed by atoms with Crippen LogP contribution in [0, 0.1) is 0 Å². The second-order valence-corrected chi connectivity index (χ2v) is 4.54. The predicted molar refractivity (Wildman–Crippen MR) is 70.4 cm³/mol. The van der Waals surface area contributed by atoms with Gasteiger partial charge in [0.15, 0.2) is 5.76 Å². The van der Waals surface area contributed by atoms with Crippen LogP contribution < -0.4 is 4.74 Å². The van der Waals surface area contributed by atoms with Gasteiger partial charge in [-0.25, -0.2) is 0 Å². The van der Waals surface area contributed by atoms with Crippen LogP contribution in [0.15, 0.2) is 59.0 Å². The zero-order valence-electron chi connectivity index (χ0n) is 10.00. The first-order chi connectivity index (χ1) is 9.33. The van der Waals surface area contributed by atoms with E-state index in [4.69, 9.17) is 9.15 Å². The Morgan fingerprint density at radius 3 is 2.58 bits per heavy atom. The SMILES string of the molecule is O=C1c2ccccc2OC1c1cc2ccccc2o1. The third-order valence-corrected chi connectivity index (χ3v) is 3.34. The number of carbonyl (C=O) groups is 1. The molecule has 1 aliphatic heterocycles. The van der Waals surface area contributed by atoms with Crippen molar-refractivity contribution in [3.63, 3.8) is 0 Å². The van der Waals surface area contributed by atoms with Crippen LogP contribution in [0.2, 0.25) is 0 Å². The van der Waals surface area contributed by atoms with E-state index in [9.17, 15) is 4.79 Å². The molecular formula is C16H10O3. The van der Waals surface area contributed by atoms with Crippen LogP contribution in [0.4, 0.5) is 0 Å². The summed E-state index contributed by atoms with van der Waals surface area (Å²) in [6.45, 7) is 0. The van der Waals surface area contributed by atoms with Crippen LogP contribution in [0.3, 0.4) is 0 Å². The maximum absolute atomic E-state index is 12.3. The monoisotopic (exact) mass is 250 g/mol. The molecule has 0 radical (unpaired) electrons. The Morgan fingerprint density at radius 1 is 0.947 bits per heavy atom. The number of para-hydroxylation sites is 2. The summed E-state index contributed by atoms with van der Waals surface area (Å²) in [5, 5.41) is 0.977. The third kappa shape index (κ3) is 1.48. The van der Waals surface area contributed by atoms with Crippen molar-refractivity contribution in [3.05, 3.63) is 65.9 Å². The van der Waals surface area contributed by atoms with Gasteiger partial charge in [0.2, 0.25) is 11.9 Å². The molecule has 0 bridgehead atoms. The smallest absolute Gasteiger partial charge is 0.218 e. The van der Waals surface area contributed by atoms with E-state index < -0.39 is 6.10 Å². The van der Waals surface area contributed by atoms with Gasteiger partial charge >= 0.3 is 0 Å². The van der Waals surface area contributed by atoms with E-state index in [0.717, 1.165) is 11.0 Å². The van der Waals surface area contributed by atoms with Gasteiger partial charge in [0.05, 0.1) is 5.56 Å². The lowest BCUT2D eigenvalue weighted by Gasteiger charge is -2.04.